The van der Waals surface area contributed by atoms with Gasteiger partial charge in [0.25, 0.3) is 0 Å². The van der Waals surface area contributed by atoms with Crippen LogP contribution in [0.25, 0.3) is 0 Å². The Labute approximate surface area is 129 Å². The third-order valence-electron chi connectivity index (χ3n) is 2.96. The Bertz CT molecular complexity index is 429. The van der Waals surface area contributed by atoms with Crippen LogP contribution in [0.3, 0.4) is 0 Å². The molecule has 118 valence electrons. The number of nitrogens with zero attached hydrogens (tertiary/aromatic N) is 4. The van der Waals surface area contributed by atoms with Crippen LogP contribution in [-0.4, -0.2) is 65.3 Å². The molecule has 0 spiro atoms. The number of aromatic nitrogens is 3. The normalized spacial score (nSPS) is 15.2. The molecule has 1 aromatic heterocycles. The van der Waals surface area contributed by atoms with Crippen LogP contribution in [0.4, 0.5) is 11.9 Å². The van der Waals surface area contributed by atoms with Crippen molar-refractivity contribution in [2.45, 2.75) is 24.9 Å². The van der Waals surface area contributed by atoms with Gasteiger partial charge in [-0.15, -0.1) is 0 Å². The van der Waals surface area contributed by atoms with E-state index >= 15 is 0 Å². The van der Waals surface area contributed by atoms with E-state index in [-0.39, 0.29) is 6.61 Å². The first kappa shape index (κ1) is 16.3. The summed E-state index contributed by atoms with van der Waals surface area (Å²) < 4.78 is 5.36. The van der Waals surface area contributed by atoms with E-state index in [1.807, 2.05) is 0 Å². The summed E-state index contributed by atoms with van der Waals surface area (Å²) >= 11 is 1.55. The van der Waals surface area contributed by atoms with E-state index in [0.29, 0.717) is 30.3 Å². The van der Waals surface area contributed by atoms with Crippen molar-refractivity contribution in [2.75, 3.05) is 55.4 Å². The minimum Gasteiger partial charge on any atom is -0.396 e. The molecule has 1 aromatic rings. The molecule has 2 N–H and O–H groups in total. The number of morpholine rings is 1. The lowest BCUT2D eigenvalue weighted by atomic mass is 10.4. The van der Waals surface area contributed by atoms with Gasteiger partial charge in [0.05, 0.1) is 13.2 Å². The van der Waals surface area contributed by atoms with Crippen LogP contribution >= 0.6 is 11.8 Å². The highest BCUT2D eigenvalue weighted by Crippen LogP contribution is 2.20. The lowest BCUT2D eigenvalue weighted by Crippen LogP contribution is -2.37. The molecule has 2 heterocycles. The Balaban J connectivity index is 2.10. The van der Waals surface area contributed by atoms with Gasteiger partial charge in [-0.1, -0.05) is 18.7 Å². The predicted molar refractivity (Wildman–Crippen MR) is 84.1 cm³/mol. The zero-order valence-electron chi connectivity index (χ0n) is 12.4. The fourth-order valence-corrected chi connectivity index (χ4v) is 2.61. The van der Waals surface area contributed by atoms with Crippen molar-refractivity contribution in [2.24, 2.45) is 0 Å². The molecule has 0 atom stereocenters. The summed E-state index contributed by atoms with van der Waals surface area (Å²) in [5, 5.41) is 12.8. The highest BCUT2D eigenvalue weighted by Gasteiger charge is 2.16. The summed E-state index contributed by atoms with van der Waals surface area (Å²) in [5.74, 6) is 2.13. The third kappa shape index (κ3) is 5.29. The lowest BCUT2D eigenvalue weighted by molar-refractivity contribution is 0.122. The molecule has 1 aliphatic heterocycles. The van der Waals surface area contributed by atoms with Gasteiger partial charge in [-0.25, -0.2) is 0 Å². The van der Waals surface area contributed by atoms with Crippen molar-refractivity contribution in [3.63, 3.8) is 0 Å². The van der Waals surface area contributed by atoms with Gasteiger partial charge in [0.1, 0.15) is 0 Å². The van der Waals surface area contributed by atoms with Gasteiger partial charge in [-0.3, -0.25) is 0 Å². The summed E-state index contributed by atoms with van der Waals surface area (Å²) in [5.41, 5.74) is 0. The van der Waals surface area contributed by atoms with Crippen molar-refractivity contribution < 1.29 is 9.84 Å². The zero-order chi connectivity index (χ0) is 14.9. The molecule has 0 aromatic carbocycles. The number of thioether (sulfide) groups is 1. The number of aliphatic hydroxyl groups is 1. The number of hydrogen-bond donors (Lipinski definition) is 2. The molecule has 1 aliphatic rings. The topological polar surface area (TPSA) is 83.4 Å². The summed E-state index contributed by atoms with van der Waals surface area (Å²) in [6.45, 7) is 6.15. The molecular formula is C13H23N5O2S. The Morgan fingerprint density at radius 3 is 2.81 bits per heavy atom. The van der Waals surface area contributed by atoms with Crippen LogP contribution in [0.5, 0.6) is 0 Å². The summed E-state index contributed by atoms with van der Waals surface area (Å²) in [6.07, 6.45) is 1.76. The molecule has 1 fully saturated rings. The first-order valence-electron chi connectivity index (χ1n) is 7.39. The molecule has 0 unspecified atom stereocenters. The first-order chi connectivity index (χ1) is 10.3. The monoisotopic (exact) mass is 313 g/mol. The molecule has 0 amide bonds. The Morgan fingerprint density at radius 2 is 2.10 bits per heavy atom. The Hall–Kier alpha value is -1.12. The maximum atomic E-state index is 8.87. The molecule has 0 saturated carbocycles. The number of rotatable bonds is 8. The predicted octanol–water partition coefficient (Wildman–Crippen LogP) is 1.00. The number of nitrogens with one attached hydrogen (secondary N) is 1. The van der Waals surface area contributed by atoms with Crippen molar-refractivity contribution in [1.82, 2.24) is 15.0 Å². The number of anilines is 2. The van der Waals surface area contributed by atoms with Crippen molar-refractivity contribution in [1.29, 1.82) is 0 Å². The molecule has 0 bridgehead atoms. The molecule has 8 heteroatoms. The van der Waals surface area contributed by atoms with Gasteiger partial charge in [0.15, 0.2) is 5.16 Å². The first-order valence-corrected chi connectivity index (χ1v) is 8.38. The van der Waals surface area contributed by atoms with Gasteiger partial charge < -0.3 is 20.1 Å². The quantitative estimate of drug-likeness (QED) is 0.543. The summed E-state index contributed by atoms with van der Waals surface area (Å²) in [6, 6.07) is 0. The second kappa shape index (κ2) is 9.01. The van der Waals surface area contributed by atoms with Crippen molar-refractivity contribution in [3.8, 4) is 0 Å². The Kier molecular flexibility index (Phi) is 6.98. The molecule has 7 nitrogen and oxygen atoms in total. The minimum absolute atomic E-state index is 0.190. The second-order valence-electron chi connectivity index (χ2n) is 4.69. The van der Waals surface area contributed by atoms with Crippen LogP contribution in [-0.2, 0) is 4.74 Å². The molecule has 21 heavy (non-hydrogen) atoms. The average molecular weight is 313 g/mol. The largest absolute Gasteiger partial charge is 0.396 e. The lowest BCUT2D eigenvalue weighted by Gasteiger charge is -2.27. The van der Waals surface area contributed by atoms with Crippen molar-refractivity contribution in [3.05, 3.63) is 0 Å². The van der Waals surface area contributed by atoms with Crippen LogP contribution in [0.1, 0.15) is 19.8 Å². The number of aliphatic hydroxyl groups excluding tert-OH is 1. The van der Waals surface area contributed by atoms with E-state index in [4.69, 9.17) is 9.84 Å². The van der Waals surface area contributed by atoms with Gasteiger partial charge in [0.2, 0.25) is 11.9 Å². The van der Waals surface area contributed by atoms with E-state index in [2.05, 4.69) is 32.1 Å². The number of ether oxygens (including phenoxy) is 1. The van der Waals surface area contributed by atoms with Gasteiger partial charge in [-0.05, 0) is 12.8 Å². The van der Waals surface area contributed by atoms with Crippen LogP contribution in [0.2, 0.25) is 0 Å². The van der Waals surface area contributed by atoms with Gasteiger partial charge in [-0.2, -0.15) is 15.0 Å². The smallest absolute Gasteiger partial charge is 0.231 e. The fraction of sp³-hybridized carbons (Fsp3) is 0.769. The maximum Gasteiger partial charge on any atom is 0.231 e. The molecule has 2 rings (SSSR count). The molecule has 1 saturated heterocycles. The minimum atomic E-state index is 0.190. The second-order valence-corrected chi connectivity index (χ2v) is 5.76. The Morgan fingerprint density at radius 1 is 1.29 bits per heavy atom. The summed E-state index contributed by atoms with van der Waals surface area (Å²) in [4.78, 5) is 15.6. The SMILES string of the molecule is CCCNc1nc(SCCCO)nc(N2CCOCC2)n1. The van der Waals surface area contributed by atoms with Crippen molar-refractivity contribution >= 4 is 23.7 Å². The van der Waals surface area contributed by atoms with Gasteiger partial charge in [0, 0.05) is 32.0 Å². The standard InChI is InChI=1S/C13H23N5O2S/c1-2-4-14-11-15-12(18-5-8-20-9-6-18)17-13(16-11)21-10-3-7-19/h19H,2-10H2,1H3,(H,14,15,16,17). The highest BCUT2D eigenvalue weighted by atomic mass is 32.2. The third-order valence-corrected chi connectivity index (χ3v) is 3.90. The van der Waals surface area contributed by atoms with Crippen LogP contribution in [0.15, 0.2) is 5.16 Å². The average Bonchev–Trinajstić information content (AvgIpc) is 2.54. The van der Waals surface area contributed by atoms with E-state index in [0.717, 1.165) is 38.2 Å². The molecule has 0 aliphatic carbocycles. The van der Waals surface area contributed by atoms with E-state index in [1.54, 1.807) is 11.8 Å². The maximum absolute atomic E-state index is 8.87. The number of hydrogen-bond acceptors (Lipinski definition) is 8. The van der Waals surface area contributed by atoms with E-state index in [1.165, 1.54) is 0 Å². The highest BCUT2D eigenvalue weighted by molar-refractivity contribution is 7.99. The van der Waals surface area contributed by atoms with Crippen LogP contribution in [0, 0.1) is 0 Å². The van der Waals surface area contributed by atoms with E-state index in [9.17, 15) is 0 Å². The van der Waals surface area contributed by atoms with E-state index < -0.39 is 0 Å². The fourth-order valence-electron chi connectivity index (χ4n) is 1.86. The van der Waals surface area contributed by atoms with Crippen LogP contribution < -0.4 is 10.2 Å². The molecular weight excluding hydrogens is 290 g/mol. The zero-order valence-corrected chi connectivity index (χ0v) is 13.2. The molecule has 0 radical (unpaired) electrons. The van der Waals surface area contributed by atoms with Gasteiger partial charge >= 0.3 is 0 Å². The summed E-state index contributed by atoms with van der Waals surface area (Å²) in [7, 11) is 0.